The highest BCUT2D eigenvalue weighted by Gasteiger charge is 2.29. The molecule has 5 N–H and O–H groups in total. The number of ether oxygens (including phenoxy) is 1. The Bertz CT molecular complexity index is 736. The van der Waals surface area contributed by atoms with E-state index in [2.05, 4.69) is 15.5 Å². The van der Waals surface area contributed by atoms with Gasteiger partial charge in [-0.25, -0.2) is 10.5 Å². The summed E-state index contributed by atoms with van der Waals surface area (Å²) < 4.78 is 6.87. The Morgan fingerprint density at radius 3 is 2.62 bits per heavy atom. The Labute approximate surface area is 152 Å². The fourth-order valence-electron chi connectivity index (χ4n) is 3.20. The van der Waals surface area contributed by atoms with Crippen LogP contribution >= 0.6 is 0 Å². The molecular formula is C16H27N7O3. The van der Waals surface area contributed by atoms with Crippen LogP contribution in [0, 0.1) is 0 Å². The van der Waals surface area contributed by atoms with Crippen LogP contribution < -0.4 is 27.3 Å². The summed E-state index contributed by atoms with van der Waals surface area (Å²) in [5.74, 6) is 10.5. The van der Waals surface area contributed by atoms with Crippen molar-refractivity contribution in [1.29, 1.82) is 0 Å². The molecule has 0 saturated heterocycles. The maximum atomic E-state index is 12.7. The second-order valence-electron chi connectivity index (χ2n) is 6.31. The fourth-order valence-corrected chi connectivity index (χ4v) is 3.20. The van der Waals surface area contributed by atoms with Gasteiger partial charge in [0.25, 0.3) is 11.5 Å². The predicted molar refractivity (Wildman–Crippen MR) is 97.5 cm³/mol. The molecule has 0 aliphatic heterocycles. The molecule has 1 aliphatic rings. The number of nitrogens with zero attached hydrogens (tertiary/aromatic N) is 4. The molecule has 0 unspecified atom stereocenters. The van der Waals surface area contributed by atoms with Gasteiger partial charge in [0.2, 0.25) is 5.96 Å². The number of hydrogen-bond acceptors (Lipinski definition) is 7. The van der Waals surface area contributed by atoms with E-state index in [0.717, 1.165) is 37.1 Å². The molecule has 0 atom stereocenters. The average Bonchev–Trinajstić information content (AvgIpc) is 2.63. The molecular weight excluding hydrogens is 338 g/mol. The molecule has 0 radical (unpaired) electrons. The lowest BCUT2D eigenvalue weighted by molar-refractivity contribution is 0.0960. The highest BCUT2D eigenvalue weighted by atomic mass is 16.5. The lowest BCUT2D eigenvalue weighted by Crippen LogP contribution is -2.47. The largest absolute Gasteiger partial charge is 0.491 e. The van der Waals surface area contributed by atoms with Crippen LogP contribution in [-0.2, 0) is 7.05 Å². The van der Waals surface area contributed by atoms with Crippen molar-refractivity contribution in [3.8, 4) is 5.75 Å². The van der Waals surface area contributed by atoms with Crippen molar-refractivity contribution in [2.45, 2.75) is 44.9 Å². The molecule has 10 nitrogen and oxygen atoms in total. The molecule has 2 rings (SSSR count). The third-order valence-electron chi connectivity index (χ3n) is 4.43. The molecule has 26 heavy (non-hydrogen) atoms. The van der Waals surface area contributed by atoms with Gasteiger partial charge >= 0.3 is 0 Å². The minimum Gasteiger partial charge on any atom is -0.491 e. The highest BCUT2D eigenvalue weighted by molar-refractivity contribution is 6.05. The van der Waals surface area contributed by atoms with Crippen LogP contribution in [0.1, 0.15) is 61.0 Å². The van der Waals surface area contributed by atoms with E-state index in [4.69, 9.17) is 16.4 Å². The lowest BCUT2D eigenvalue weighted by atomic mass is 9.84. The number of amides is 1. The number of carbonyl (C=O) groups is 1. The van der Waals surface area contributed by atoms with Gasteiger partial charge in [-0.1, -0.05) is 19.3 Å². The monoisotopic (exact) mass is 365 g/mol. The topological polar surface area (TPSA) is 141 Å². The van der Waals surface area contributed by atoms with Crippen LogP contribution in [0.2, 0.25) is 0 Å². The molecule has 1 fully saturated rings. The van der Waals surface area contributed by atoms with E-state index in [1.807, 2.05) is 0 Å². The molecule has 144 valence electrons. The predicted octanol–water partition coefficient (Wildman–Crippen LogP) is -0.00830. The number of nitrogens with one attached hydrogen (secondary N) is 1. The molecule has 10 heteroatoms. The number of carbonyl (C=O) groups excluding carboxylic acids is 1. The number of hydrazine groups is 1. The Balaban J connectivity index is 2.53. The van der Waals surface area contributed by atoms with E-state index < -0.39 is 5.91 Å². The SMILES string of the molecule is CCOc1c(C(=O)N/C(=N/N)N(C)N)nn(C)c(=O)c1C1CCCCC1. The number of guanidine groups is 1. The quantitative estimate of drug-likeness (QED) is 0.295. The molecule has 1 aromatic rings. The highest BCUT2D eigenvalue weighted by Crippen LogP contribution is 2.36. The molecule has 1 heterocycles. The van der Waals surface area contributed by atoms with Crippen molar-refractivity contribution in [1.82, 2.24) is 20.1 Å². The van der Waals surface area contributed by atoms with Gasteiger partial charge in [0, 0.05) is 14.1 Å². The zero-order chi connectivity index (χ0) is 19.3. The number of nitrogens with two attached hydrogens (primary N) is 2. The Morgan fingerprint density at radius 2 is 2.08 bits per heavy atom. The third-order valence-corrected chi connectivity index (χ3v) is 4.43. The van der Waals surface area contributed by atoms with E-state index in [1.54, 1.807) is 6.92 Å². The van der Waals surface area contributed by atoms with Crippen LogP contribution in [0.25, 0.3) is 0 Å². The van der Waals surface area contributed by atoms with Crippen molar-refractivity contribution in [3.05, 3.63) is 21.6 Å². The standard InChI is InChI=1S/C16H27N7O3/c1-4-26-13-11(10-8-6-5-7-9-10)15(25)23(3)21-12(13)14(24)19-16(20-17)22(2)18/h10H,4-9,17-18H2,1-3H3,(H,19,20,24). The van der Waals surface area contributed by atoms with Crippen molar-refractivity contribution in [2.24, 2.45) is 23.8 Å². The number of aryl methyl sites for hydroxylation is 1. The summed E-state index contributed by atoms with van der Waals surface area (Å²) in [7, 11) is 3.01. The molecule has 1 amide bonds. The molecule has 1 saturated carbocycles. The molecule has 1 aromatic heterocycles. The summed E-state index contributed by atoms with van der Waals surface area (Å²) in [6, 6.07) is 0. The number of hydrogen-bond donors (Lipinski definition) is 3. The average molecular weight is 365 g/mol. The molecule has 0 aromatic carbocycles. The Kier molecular flexibility index (Phi) is 6.56. The molecule has 0 bridgehead atoms. The van der Waals surface area contributed by atoms with Crippen LogP contribution in [0.3, 0.4) is 0 Å². The lowest BCUT2D eigenvalue weighted by Gasteiger charge is -2.25. The summed E-state index contributed by atoms with van der Waals surface area (Å²) in [6.07, 6.45) is 5.03. The van der Waals surface area contributed by atoms with Crippen LogP contribution in [0.5, 0.6) is 5.75 Å². The van der Waals surface area contributed by atoms with Gasteiger partial charge in [0.15, 0.2) is 11.4 Å². The van der Waals surface area contributed by atoms with Crippen LogP contribution in [0.15, 0.2) is 9.90 Å². The van der Waals surface area contributed by atoms with Crippen LogP contribution in [-0.4, -0.2) is 40.3 Å². The number of rotatable bonds is 4. The van der Waals surface area contributed by atoms with Gasteiger partial charge in [0.1, 0.15) is 0 Å². The zero-order valence-electron chi connectivity index (χ0n) is 15.5. The van der Waals surface area contributed by atoms with Gasteiger partial charge in [0.05, 0.1) is 12.2 Å². The summed E-state index contributed by atoms with van der Waals surface area (Å²) in [5, 5.41) is 11.1. The first-order valence-electron chi connectivity index (χ1n) is 8.72. The van der Waals surface area contributed by atoms with Crippen molar-refractivity contribution < 1.29 is 9.53 Å². The first kappa shape index (κ1) is 19.7. The summed E-state index contributed by atoms with van der Waals surface area (Å²) in [5.41, 5.74) is 0.291. The van der Waals surface area contributed by atoms with Gasteiger partial charge in [-0.05, 0) is 25.7 Å². The molecule has 1 aliphatic carbocycles. The van der Waals surface area contributed by atoms with Gasteiger partial charge in [-0.2, -0.15) is 5.10 Å². The summed E-state index contributed by atoms with van der Waals surface area (Å²) >= 11 is 0. The first-order valence-corrected chi connectivity index (χ1v) is 8.72. The molecule has 0 spiro atoms. The maximum Gasteiger partial charge on any atom is 0.282 e. The van der Waals surface area contributed by atoms with Crippen molar-refractivity contribution in [2.75, 3.05) is 13.7 Å². The van der Waals surface area contributed by atoms with Crippen molar-refractivity contribution in [3.63, 3.8) is 0 Å². The van der Waals surface area contributed by atoms with Crippen LogP contribution in [0.4, 0.5) is 0 Å². The first-order chi connectivity index (χ1) is 12.4. The minimum absolute atomic E-state index is 0.0116. The van der Waals surface area contributed by atoms with E-state index in [9.17, 15) is 9.59 Å². The maximum absolute atomic E-state index is 12.7. The van der Waals surface area contributed by atoms with E-state index in [0.29, 0.717) is 12.2 Å². The van der Waals surface area contributed by atoms with E-state index >= 15 is 0 Å². The fraction of sp³-hybridized carbons (Fsp3) is 0.625. The summed E-state index contributed by atoms with van der Waals surface area (Å²) in [4.78, 5) is 25.5. The van der Waals surface area contributed by atoms with E-state index in [-0.39, 0.29) is 28.9 Å². The van der Waals surface area contributed by atoms with E-state index in [1.165, 1.54) is 18.8 Å². The smallest absolute Gasteiger partial charge is 0.282 e. The third kappa shape index (κ3) is 4.13. The zero-order valence-corrected chi connectivity index (χ0v) is 15.5. The Morgan fingerprint density at radius 1 is 1.42 bits per heavy atom. The van der Waals surface area contributed by atoms with Gasteiger partial charge in [-0.15, -0.1) is 5.10 Å². The summed E-state index contributed by atoms with van der Waals surface area (Å²) in [6.45, 7) is 2.10. The second kappa shape index (κ2) is 8.65. The number of hydrazone groups is 1. The Hall–Kier alpha value is -2.62. The second-order valence-corrected chi connectivity index (χ2v) is 6.31. The normalized spacial score (nSPS) is 15.6. The minimum atomic E-state index is -0.595. The van der Waals surface area contributed by atoms with Crippen molar-refractivity contribution >= 4 is 11.9 Å². The van der Waals surface area contributed by atoms with Gasteiger partial charge < -0.3 is 10.6 Å². The van der Waals surface area contributed by atoms with Gasteiger partial charge in [-0.3, -0.25) is 19.9 Å². The number of aromatic nitrogens is 2.